The summed E-state index contributed by atoms with van der Waals surface area (Å²) in [6.45, 7) is 3.60. The normalized spacial score (nSPS) is 10.6. The largest absolute Gasteiger partial charge is 0.486 e. The lowest BCUT2D eigenvalue weighted by molar-refractivity contribution is 0.0709. The first-order valence-corrected chi connectivity index (χ1v) is 9.08. The predicted molar refractivity (Wildman–Crippen MR) is 96.6 cm³/mol. The Hall–Kier alpha value is -2.60. The third kappa shape index (κ3) is 4.70. The van der Waals surface area contributed by atoms with Crippen molar-refractivity contribution in [3.05, 3.63) is 70.6 Å². The van der Waals surface area contributed by atoms with Gasteiger partial charge in [-0.15, -0.1) is 11.3 Å². The highest BCUT2D eigenvalue weighted by Crippen LogP contribution is 2.17. The first-order chi connectivity index (χ1) is 12.3. The Balaban J connectivity index is 1.61. The lowest BCUT2D eigenvalue weighted by atomic mass is 10.3. The van der Waals surface area contributed by atoms with E-state index >= 15 is 0 Å². The molecule has 3 aromatic rings. The van der Waals surface area contributed by atoms with Gasteiger partial charge in [-0.25, -0.2) is 4.98 Å². The minimum atomic E-state index is -0.109. The van der Waals surface area contributed by atoms with Crippen molar-refractivity contribution >= 4 is 17.2 Å². The molecule has 0 aliphatic carbocycles. The number of hydrogen-bond acceptors (Lipinski definition) is 5. The molecule has 0 atom stereocenters. The van der Waals surface area contributed by atoms with Gasteiger partial charge < -0.3 is 14.1 Å². The maximum Gasteiger partial charge on any atom is 0.289 e. The number of benzene rings is 1. The van der Waals surface area contributed by atoms with Crippen LogP contribution in [0.5, 0.6) is 5.75 Å². The van der Waals surface area contributed by atoms with Gasteiger partial charge in [0.1, 0.15) is 17.4 Å². The van der Waals surface area contributed by atoms with E-state index in [0.717, 1.165) is 22.9 Å². The summed E-state index contributed by atoms with van der Waals surface area (Å²) in [5, 5.41) is 2.86. The standard InChI is InChI=1S/C19H20N2O3S/c1-2-10-21(19(22)17-9-6-11-23-17)12-15-14-25-18(20-15)13-24-16-7-4-3-5-8-16/h3-9,11,14H,2,10,12-13H2,1H3. The molecule has 0 radical (unpaired) electrons. The molecular weight excluding hydrogens is 336 g/mol. The molecule has 2 aromatic heterocycles. The maximum atomic E-state index is 12.5. The van der Waals surface area contributed by atoms with E-state index in [1.54, 1.807) is 28.4 Å². The zero-order valence-electron chi connectivity index (χ0n) is 14.1. The van der Waals surface area contributed by atoms with Crippen LogP contribution in [0.25, 0.3) is 0 Å². The number of carbonyl (C=O) groups is 1. The second-order valence-electron chi connectivity index (χ2n) is 5.54. The highest BCUT2D eigenvalue weighted by atomic mass is 32.1. The summed E-state index contributed by atoms with van der Waals surface area (Å²) in [4.78, 5) is 18.8. The van der Waals surface area contributed by atoms with E-state index in [-0.39, 0.29) is 5.91 Å². The Morgan fingerprint density at radius 3 is 2.80 bits per heavy atom. The molecule has 1 aromatic carbocycles. The number of aromatic nitrogens is 1. The van der Waals surface area contributed by atoms with E-state index < -0.39 is 0 Å². The van der Waals surface area contributed by atoms with Crippen LogP contribution in [-0.4, -0.2) is 22.3 Å². The second kappa shape index (κ2) is 8.48. The Labute approximate surface area is 150 Å². The fraction of sp³-hybridized carbons (Fsp3) is 0.263. The van der Waals surface area contributed by atoms with Crippen molar-refractivity contribution in [2.24, 2.45) is 0 Å². The summed E-state index contributed by atoms with van der Waals surface area (Å²) in [5.41, 5.74) is 0.866. The molecule has 2 heterocycles. The van der Waals surface area contributed by atoms with Crippen LogP contribution in [0.2, 0.25) is 0 Å². The number of ether oxygens (including phenoxy) is 1. The van der Waals surface area contributed by atoms with Crippen molar-refractivity contribution in [1.82, 2.24) is 9.88 Å². The van der Waals surface area contributed by atoms with E-state index in [9.17, 15) is 4.79 Å². The summed E-state index contributed by atoms with van der Waals surface area (Å²) in [5.74, 6) is 1.07. The highest BCUT2D eigenvalue weighted by Gasteiger charge is 2.19. The number of hydrogen-bond donors (Lipinski definition) is 0. The molecule has 0 unspecified atom stereocenters. The molecular formula is C19H20N2O3S. The molecule has 3 rings (SSSR count). The Morgan fingerprint density at radius 1 is 1.24 bits per heavy atom. The molecule has 5 nitrogen and oxygen atoms in total. The number of furan rings is 1. The number of nitrogens with zero attached hydrogens (tertiary/aromatic N) is 2. The van der Waals surface area contributed by atoms with Crippen LogP contribution >= 0.6 is 11.3 Å². The van der Waals surface area contributed by atoms with Gasteiger partial charge in [-0.05, 0) is 30.7 Å². The summed E-state index contributed by atoms with van der Waals surface area (Å²) < 4.78 is 10.9. The second-order valence-corrected chi connectivity index (χ2v) is 6.48. The van der Waals surface area contributed by atoms with Gasteiger partial charge in [-0.3, -0.25) is 4.79 Å². The summed E-state index contributed by atoms with van der Waals surface area (Å²) >= 11 is 1.54. The number of para-hydroxylation sites is 1. The van der Waals surface area contributed by atoms with Gasteiger partial charge in [0.15, 0.2) is 5.76 Å². The van der Waals surface area contributed by atoms with Crippen LogP contribution < -0.4 is 4.74 Å². The Kier molecular flexibility index (Phi) is 5.85. The van der Waals surface area contributed by atoms with Crippen LogP contribution in [0, 0.1) is 0 Å². The molecule has 1 amide bonds. The Morgan fingerprint density at radius 2 is 2.08 bits per heavy atom. The van der Waals surface area contributed by atoms with Gasteiger partial charge in [0.2, 0.25) is 0 Å². The molecule has 0 saturated carbocycles. The molecule has 0 aliphatic rings. The molecule has 0 bridgehead atoms. The first-order valence-electron chi connectivity index (χ1n) is 8.20. The van der Waals surface area contributed by atoms with Crippen LogP contribution in [-0.2, 0) is 13.2 Å². The van der Waals surface area contributed by atoms with Crippen molar-refractivity contribution in [2.75, 3.05) is 6.54 Å². The van der Waals surface area contributed by atoms with Crippen molar-refractivity contribution in [2.45, 2.75) is 26.5 Å². The average Bonchev–Trinajstić information content (AvgIpc) is 3.32. The number of amides is 1. The first kappa shape index (κ1) is 17.2. The lowest BCUT2D eigenvalue weighted by Gasteiger charge is -2.19. The molecule has 130 valence electrons. The maximum absolute atomic E-state index is 12.5. The zero-order chi connectivity index (χ0) is 17.5. The zero-order valence-corrected chi connectivity index (χ0v) is 14.9. The van der Waals surface area contributed by atoms with Gasteiger partial charge in [-0.1, -0.05) is 25.1 Å². The van der Waals surface area contributed by atoms with Crippen LogP contribution in [0.3, 0.4) is 0 Å². The van der Waals surface area contributed by atoms with Gasteiger partial charge in [-0.2, -0.15) is 0 Å². The average molecular weight is 356 g/mol. The van der Waals surface area contributed by atoms with Crippen molar-refractivity contribution in [3.63, 3.8) is 0 Å². The van der Waals surface area contributed by atoms with E-state index in [1.165, 1.54) is 6.26 Å². The van der Waals surface area contributed by atoms with Crippen LogP contribution in [0.4, 0.5) is 0 Å². The van der Waals surface area contributed by atoms with E-state index in [1.807, 2.05) is 42.6 Å². The van der Waals surface area contributed by atoms with Crippen molar-refractivity contribution < 1.29 is 13.9 Å². The molecule has 0 aliphatic heterocycles. The number of thiazole rings is 1. The van der Waals surface area contributed by atoms with Crippen LogP contribution in [0.15, 0.2) is 58.5 Å². The van der Waals surface area contributed by atoms with Crippen LogP contribution in [0.1, 0.15) is 34.6 Å². The fourth-order valence-corrected chi connectivity index (χ4v) is 3.12. The van der Waals surface area contributed by atoms with Crippen molar-refractivity contribution in [1.29, 1.82) is 0 Å². The van der Waals surface area contributed by atoms with E-state index in [0.29, 0.717) is 25.5 Å². The minimum absolute atomic E-state index is 0.109. The third-order valence-electron chi connectivity index (χ3n) is 3.57. The molecule has 25 heavy (non-hydrogen) atoms. The number of rotatable bonds is 8. The number of carbonyl (C=O) groups excluding carboxylic acids is 1. The molecule has 6 heteroatoms. The van der Waals surface area contributed by atoms with E-state index in [2.05, 4.69) is 4.98 Å². The highest BCUT2D eigenvalue weighted by molar-refractivity contribution is 7.09. The fourth-order valence-electron chi connectivity index (χ4n) is 2.42. The van der Waals surface area contributed by atoms with Gasteiger partial charge in [0.25, 0.3) is 5.91 Å². The molecule has 0 N–H and O–H groups in total. The van der Waals surface area contributed by atoms with E-state index in [4.69, 9.17) is 9.15 Å². The predicted octanol–water partition coefficient (Wildman–Crippen LogP) is 4.37. The SMILES string of the molecule is CCCN(Cc1csc(COc2ccccc2)n1)C(=O)c1ccco1. The summed E-state index contributed by atoms with van der Waals surface area (Å²) in [7, 11) is 0. The van der Waals surface area contributed by atoms with Gasteiger partial charge >= 0.3 is 0 Å². The smallest absolute Gasteiger partial charge is 0.289 e. The van der Waals surface area contributed by atoms with Gasteiger partial charge in [0, 0.05) is 11.9 Å². The molecule has 0 saturated heterocycles. The summed E-state index contributed by atoms with van der Waals surface area (Å²) in [6.07, 6.45) is 2.39. The minimum Gasteiger partial charge on any atom is -0.486 e. The third-order valence-corrected chi connectivity index (χ3v) is 4.44. The summed E-state index contributed by atoms with van der Waals surface area (Å²) in [6, 6.07) is 13.1. The van der Waals surface area contributed by atoms with Crippen molar-refractivity contribution in [3.8, 4) is 5.75 Å². The molecule has 0 fully saturated rings. The lowest BCUT2D eigenvalue weighted by Crippen LogP contribution is -2.31. The molecule has 0 spiro atoms. The van der Waals surface area contributed by atoms with Gasteiger partial charge in [0.05, 0.1) is 18.5 Å². The Bertz CT molecular complexity index is 784. The quantitative estimate of drug-likeness (QED) is 0.601. The monoisotopic (exact) mass is 356 g/mol. The topological polar surface area (TPSA) is 55.6 Å².